The van der Waals surface area contributed by atoms with Crippen LogP contribution in [0.1, 0.15) is 53.0 Å². The van der Waals surface area contributed by atoms with Gasteiger partial charge in [-0.05, 0) is 63.3 Å². The van der Waals surface area contributed by atoms with Crippen molar-refractivity contribution in [1.29, 1.82) is 0 Å². The van der Waals surface area contributed by atoms with Gasteiger partial charge in [-0.15, -0.1) is 0 Å². The van der Waals surface area contributed by atoms with Crippen LogP contribution in [0.15, 0.2) is 47.3 Å². The quantitative estimate of drug-likeness (QED) is 0.457. The number of nitrogens with zero attached hydrogens (tertiary/aromatic N) is 2. The number of aromatic nitrogens is 2. The average Bonchev–Trinajstić information content (AvgIpc) is 2.65. The molecule has 0 unspecified atom stereocenters. The molecule has 2 N–H and O–H groups in total. The number of aryl methyl sites for hydroxylation is 2. The fraction of sp³-hybridized carbons (Fsp3) is 0.350. The summed E-state index contributed by atoms with van der Waals surface area (Å²) < 4.78 is 0. The molecule has 1 heterocycles. The van der Waals surface area contributed by atoms with Crippen molar-refractivity contribution < 1.29 is 4.79 Å². The minimum absolute atomic E-state index is 0.117. The molecule has 136 valence electrons. The third-order valence-corrected chi connectivity index (χ3v) is 5.09. The second-order valence-corrected chi connectivity index (χ2v) is 7.42. The summed E-state index contributed by atoms with van der Waals surface area (Å²) in [5, 5.41) is 0.786. The number of rotatable bonds is 6. The molecule has 1 aromatic heterocycles. The Hall–Kier alpha value is -2.34. The second-order valence-electron chi connectivity index (χ2n) is 6.47. The Balaban J connectivity index is 1.52. The van der Waals surface area contributed by atoms with E-state index in [9.17, 15) is 4.79 Å². The Labute approximate surface area is 158 Å². The maximum absolute atomic E-state index is 12.2. The van der Waals surface area contributed by atoms with Gasteiger partial charge in [-0.1, -0.05) is 30.0 Å². The molecule has 2 aromatic rings. The van der Waals surface area contributed by atoms with E-state index in [0.717, 1.165) is 46.4 Å². The van der Waals surface area contributed by atoms with Gasteiger partial charge >= 0.3 is 0 Å². The molecular weight excluding hydrogens is 344 g/mol. The highest BCUT2D eigenvalue weighted by atomic mass is 32.2. The molecule has 26 heavy (non-hydrogen) atoms. The van der Waals surface area contributed by atoms with Crippen molar-refractivity contribution >= 4 is 17.7 Å². The molecule has 0 fully saturated rings. The van der Waals surface area contributed by atoms with E-state index in [4.69, 9.17) is 0 Å². The molecule has 6 heteroatoms. The number of carbonyl (C=O) groups excluding carboxylic acids is 1. The minimum Gasteiger partial charge on any atom is -0.303 e. The number of thioether (sulfide) groups is 1. The van der Waals surface area contributed by atoms with Gasteiger partial charge in [0.1, 0.15) is 0 Å². The zero-order valence-corrected chi connectivity index (χ0v) is 16.0. The standard InChI is InChI=1S/C20H24N4OS/c1-14-12-15(2)22-20(21-14)26-13-16-8-10-17(11-9-16)19(25)24-23-18-6-4-3-5-7-18/h6,8-12,23H,3-5,7,13H2,1-2H3,(H,24,25). The van der Waals surface area contributed by atoms with Gasteiger partial charge in [0.05, 0.1) is 0 Å². The Morgan fingerprint density at radius 2 is 1.85 bits per heavy atom. The van der Waals surface area contributed by atoms with Gasteiger partial charge in [-0.2, -0.15) is 0 Å². The molecule has 1 aliphatic rings. The van der Waals surface area contributed by atoms with E-state index in [0.29, 0.717) is 5.56 Å². The third kappa shape index (κ3) is 5.33. The zero-order valence-electron chi connectivity index (χ0n) is 15.2. The van der Waals surface area contributed by atoms with Crippen LogP contribution >= 0.6 is 11.8 Å². The molecule has 0 spiro atoms. The zero-order chi connectivity index (χ0) is 18.4. The van der Waals surface area contributed by atoms with Crippen LogP contribution in [0.5, 0.6) is 0 Å². The average molecular weight is 369 g/mol. The fourth-order valence-electron chi connectivity index (χ4n) is 2.82. The van der Waals surface area contributed by atoms with Crippen LogP contribution in [0.25, 0.3) is 0 Å². The van der Waals surface area contributed by atoms with Crippen molar-refractivity contribution in [2.75, 3.05) is 0 Å². The normalized spacial score (nSPS) is 13.8. The Bertz CT molecular complexity index is 782. The van der Waals surface area contributed by atoms with Crippen molar-refractivity contribution in [3.63, 3.8) is 0 Å². The summed E-state index contributed by atoms with van der Waals surface area (Å²) in [5.74, 6) is 0.656. The van der Waals surface area contributed by atoms with Gasteiger partial charge in [-0.25, -0.2) is 9.97 Å². The van der Waals surface area contributed by atoms with Crippen LogP contribution in [-0.2, 0) is 5.75 Å². The van der Waals surface area contributed by atoms with Crippen molar-refractivity contribution in [1.82, 2.24) is 20.8 Å². The number of benzene rings is 1. The van der Waals surface area contributed by atoms with Crippen LogP contribution in [-0.4, -0.2) is 15.9 Å². The predicted molar refractivity (Wildman–Crippen MR) is 105 cm³/mol. The summed E-state index contributed by atoms with van der Waals surface area (Å²) in [6.07, 6.45) is 6.63. The highest BCUT2D eigenvalue weighted by Crippen LogP contribution is 2.20. The molecule has 0 atom stereocenters. The van der Waals surface area contributed by atoms with Crippen molar-refractivity contribution in [3.05, 3.63) is 64.6 Å². The van der Waals surface area contributed by atoms with Gasteiger partial charge in [0.25, 0.3) is 5.91 Å². The maximum atomic E-state index is 12.2. The molecule has 5 nitrogen and oxygen atoms in total. The molecule has 3 rings (SSSR count). The number of hydrazine groups is 1. The van der Waals surface area contributed by atoms with Crippen molar-refractivity contribution in [3.8, 4) is 0 Å². The Morgan fingerprint density at radius 3 is 2.50 bits per heavy atom. The lowest BCUT2D eigenvalue weighted by molar-refractivity contribution is 0.0938. The van der Waals surface area contributed by atoms with E-state index in [2.05, 4.69) is 26.9 Å². The Kier molecular flexibility index (Phi) is 6.28. The van der Waals surface area contributed by atoms with E-state index >= 15 is 0 Å². The van der Waals surface area contributed by atoms with Crippen molar-refractivity contribution in [2.45, 2.75) is 50.4 Å². The number of hydrogen-bond donors (Lipinski definition) is 2. The summed E-state index contributed by atoms with van der Waals surface area (Å²) in [6, 6.07) is 9.62. The van der Waals surface area contributed by atoms with Gasteiger partial charge in [0, 0.05) is 28.4 Å². The van der Waals surface area contributed by atoms with E-state index < -0.39 is 0 Å². The lowest BCUT2D eigenvalue weighted by Crippen LogP contribution is -2.37. The number of nitrogens with one attached hydrogen (secondary N) is 2. The summed E-state index contributed by atoms with van der Waals surface area (Å²) in [4.78, 5) is 21.1. The second kappa shape index (κ2) is 8.85. The number of carbonyl (C=O) groups is 1. The molecule has 1 aliphatic carbocycles. The van der Waals surface area contributed by atoms with E-state index in [1.54, 1.807) is 11.8 Å². The molecule has 0 saturated carbocycles. The van der Waals surface area contributed by atoms with E-state index in [1.165, 1.54) is 12.8 Å². The van der Waals surface area contributed by atoms with Crippen LogP contribution in [0.2, 0.25) is 0 Å². The molecule has 0 saturated heterocycles. The predicted octanol–water partition coefficient (Wildman–Crippen LogP) is 4.08. The summed E-state index contributed by atoms with van der Waals surface area (Å²) >= 11 is 1.60. The molecule has 1 amide bonds. The van der Waals surface area contributed by atoms with Gasteiger partial charge in [0.2, 0.25) is 0 Å². The topological polar surface area (TPSA) is 66.9 Å². The molecule has 0 bridgehead atoms. The van der Waals surface area contributed by atoms with Gasteiger partial charge in [-0.3, -0.25) is 10.2 Å². The third-order valence-electron chi connectivity index (χ3n) is 4.17. The molecule has 0 radical (unpaired) electrons. The largest absolute Gasteiger partial charge is 0.303 e. The molecular formula is C20H24N4OS. The molecule has 1 aromatic carbocycles. The van der Waals surface area contributed by atoms with Crippen LogP contribution in [0, 0.1) is 13.8 Å². The highest BCUT2D eigenvalue weighted by Gasteiger charge is 2.08. The van der Waals surface area contributed by atoms with E-state index in [1.807, 2.05) is 44.2 Å². The minimum atomic E-state index is -0.117. The van der Waals surface area contributed by atoms with Crippen molar-refractivity contribution in [2.24, 2.45) is 0 Å². The number of amides is 1. The van der Waals surface area contributed by atoms with Gasteiger partial charge in [0.15, 0.2) is 5.16 Å². The monoisotopic (exact) mass is 368 g/mol. The maximum Gasteiger partial charge on any atom is 0.269 e. The van der Waals surface area contributed by atoms with Crippen LogP contribution in [0.3, 0.4) is 0 Å². The SMILES string of the molecule is Cc1cc(C)nc(SCc2ccc(C(=O)NNC3=CCCCC3)cc2)n1. The van der Waals surface area contributed by atoms with Crippen LogP contribution in [0.4, 0.5) is 0 Å². The summed E-state index contributed by atoms with van der Waals surface area (Å²) in [7, 11) is 0. The van der Waals surface area contributed by atoms with Gasteiger partial charge < -0.3 is 5.43 Å². The fourth-order valence-corrected chi connectivity index (χ4v) is 3.72. The lowest BCUT2D eigenvalue weighted by Gasteiger charge is -2.15. The summed E-state index contributed by atoms with van der Waals surface area (Å²) in [5.41, 5.74) is 10.7. The number of allylic oxidation sites excluding steroid dienone is 2. The Morgan fingerprint density at radius 1 is 1.12 bits per heavy atom. The number of hydrogen-bond acceptors (Lipinski definition) is 5. The van der Waals surface area contributed by atoms with Crippen LogP contribution < -0.4 is 10.9 Å². The van der Waals surface area contributed by atoms with E-state index in [-0.39, 0.29) is 5.91 Å². The molecule has 0 aliphatic heterocycles. The first kappa shape index (κ1) is 18.5. The first-order chi connectivity index (χ1) is 12.6. The lowest BCUT2D eigenvalue weighted by atomic mass is 10.1. The first-order valence-electron chi connectivity index (χ1n) is 8.89. The summed E-state index contributed by atoms with van der Waals surface area (Å²) in [6.45, 7) is 3.95. The first-order valence-corrected chi connectivity index (χ1v) is 9.88. The highest BCUT2D eigenvalue weighted by molar-refractivity contribution is 7.98. The smallest absolute Gasteiger partial charge is 0.269 e.